The van der Waals surface area contributed by atoms with Crippen LogP contribution >= 0.6 is 15.9 Å². The van der Waals surface area contributed by atoms with Crippen LogP contribution in [0.2, 0.25) is 0 Å². The van der Waals surface area contributed by atoms with E-state index >= 15 is 0 Å². The summed E-state index contributed by atoms with van der Waals surface area (Å²) in [7, 11) is 1.88. The molecular formula is C13H20BrN3O. The van der Waals surface area contributed by atoms with E-state index in [2.05, 4.69) is 28.0 Å². The van der Waals surface area contributed by atoms with Crippen molar-refractivity contribution >= 4 is 21.8 Å². The van der Waals surface area contributed by atoms with Gasteiger partial charge >= 0.3 is 0 Å². The smallest absolute Gasteiger partial charge is 0.257 e. The van der Waals surface area contributed by atoms with Gasteiger partial charge < -0.3 is 4.90 Å². The number of amides is 1. The highest BCUT2D eigenvalue weighted by Crippen LogP contribution is 2.28. The van der Waals surface area contributed by atoms with E-state index in [4.69, 9.17) is 0 Å². The van der Waals surface area contributed by atoms with Crippen LogP contribution in [-0.2, 0) is 7.05 Å². The Labute approximate surface area is 116 Å². The Balaban J connectivity index is 2.32. The molecule has 1 saturated heterocycles. The summed E-state index contributed by atoms with van der Waals surface area (Å²) in [6.07, 6.45) is 1.08. The summed E-state index contributed by atoms with van der Waals surface area (Å²) in [6.45, 7) is 6.92. The van der Waals surface area contributed by atoms with E-state index in [1.807, 2.05) is 25.8 Å². The number of aromatic nitrogens is 2. The summed E-state index contributed by atoms with van der Waals surface area (Å²) >= 11 is 3.53. The Hall–Kier alpha value is -0.840. The van der Waals surface area contributed by atoms with Gasteiger partial charge in [-0.05, 0) is 26.2 Å². The summed E-state index contributed by atoms with van der Waals surface area (Å²) in [4.78, 5) is 14.7. The Morgan fingerprint density at radius 2 is 2.17 bits per heavy atom. The summed E-state index contributed by atoms with van der Waals surface area (Å²) in [5.41, 5.74) is 2.55. The van der Waals surface area contributed by atoms with Crippen molar-refractivity contribution in [2.45, 2.75) is 33.2 Å². The minimum atomic E-state index is 0.131. The summed E-state index contributed by atoms with van der Waals surface area (Å²) in [5, 5.41) is 5.18. The molecule has 1 aliphatic rings. The van der Waals surface area contributed by atoms with Gasteiger partial charge in [-0.15, -0.1) is 0 Å². The number of aryl methyl sites for hydroxylation is 2. The molecule has 0 radical (unpaired) electrons. The van der Waals surface area contributed by atoms with Crippen LogP contribution in [0, 0.1) is 19.8 Å². The van der Waals surface area contributed by atoms with E-state index in [9.17, 15) is 4.79 Å². The van der Waals surface area contributed by atoms with Crippen molar-refractivity contribution in [3.63, 3.8) is 0 Å². The van der Waals surface area contributed by atoms with Gasteiger partial charge in [-0.25, -0.2) is 0 Å². The zero-order chi connectivity index (χ0) is 13.4. The van der Waals surface area contributed by atoms with Crippen molar-refractivity contribution in [3.8, 4) is 0 Å². The number of halogens is 1. The average molecular weight is 314 g/mol. The number of hydrogen-bond acceptors (Lipinski definition) is 2. The molecule has 1 amide bonds. The molecule has 100 valence electrons. The molecule has 0 spiro atoms. The van der Waals surface area contributed by atoms with Crippen LogP contribution in [0.15, 0.2) is 0 Å². The Bertz CT molecular complexity index is 469. The molecule has 0 aliphatic carbocycles. The highest BCUT2D eigenvalue weighted by molar-refractivity contribution is 9.09. The van der Waals surface area contributed by atoms with Gasteiger partial charge in [0.2, 0.25) is 0 Å². The van der Waals surface area contributed by atoms with Crippen LogP contribution in [0.25, 0.3) is 0 Å². The number of alkyl halides is 1. The molecule has 1 aromatic heterocycles. The van der Waals surface area contributed by atoms with E-state index < -0.39 is 0 Å². The first-order valence-corrected chi connectivity index (χ1v) is 7.46. The lowest BCUT2D eigenvalue weighted by Gasteiger charge is -2.25. The van der Waals surface area contributed by atoms with Gasteiger partial charge in [0.15, 0.2) is 0 Å². The molecule has 18 heavy (non-hydrogen) atoms. The molecule has 5 heteroatoms. The Morgan fingerprint density at radius 1 is 1.50 bits per heavy atom. The lowest BCUT2D eigenvalue weighted by atomic mass is 10.0. The molecule has 0 N–H and O–H groups in total. The van der Waals surface area contributed by atoms with Crippen LogP contribution < -0.4 is 0 Å². The fourth-order valence-corrected chi connectivity index (χ4v) is 3.71. The summed E-state index contributed by atoms with van der Waals surface area (Å²) in [6, 6.07) is 0.302. The van der Waals surface area contributed by atoms with E-state index in [1.54, 1.807) is 4.68 Å². The fraction of sp³-hybridized carbons (Fsp3) is 0.692. The minimum absolute atomic E-state index is 0.131. The second-order valence-corrected chi connectivity index (χ2v) is 5.80. The number of carbonyl (C=O) groups excluding carboxylic acids is 1. The van der Waals surface area contributed by atoms with Gasteiger partial charge in [0.25, 0.3) is 5.91 Å². The maximum absolute atomic E-state index is 12.7. The molecule has 4 nitrogen and oxygen atoms in total. The van der Waals surface area contributed by atoms with Crippen molar-refractivity contribution in [1.29, 1.82) is 0 Å². The monoisotopic (exact) mass is 313 g/mol. The van der Waals surface area contributed by atoms with Crippen LogP contribution in [0.5, 0.6) is 0 Å². The lowest BCUT2D eigenvalue weighted by molar-refractivity contribution is 0.0737. The number of rotatable bonds is 2. The highest BCUT2D eigenvalue weighted by Gasteiger charge is 2.35. The summed E-state index contributed by atoms with van der Waals surface area (Å²) in [5.74, 6) is 0.692. The average Bonchev–Trinajstić information content (AvgIpc) is 2.80. The fourth-order valence-electron chi connectivity index (χ4n) is 2.72. The van der Waals surface area contributed by atoms with Gasteiger partial charge in [0, 0.05) is 30.7 Å². The lowest BCUT2D eigenvalue weighted by Crippen LogP contribution is -2.39. The van der Waals surface area contributed by atoms with E-state index in [0.29, 0.717) is 12.0 Å². The number of nitrogens with zero attached hydrogens (tertiary/aromatic N) is 3. The van der Waals surface area contributed by atoms with Crippen LogP contribution in [0.3, 0.4) is 0 Å². The molecule has 1 aliphatic heterocycles. The first kappa shape index (κ1) is 13.6. The van der Waals surface area contributed by atoms with Crippen LogP contribution in [-0.4, -0.2) is 38.5 Å². The third kappa shape index (κ3) is 2.09. The number of likely N-dealkylation sites (tertiary alicyclic amines) is 1. The standard InChI is InChI=1S/C13H20BrN3O/c1-8-5-6-17(11(8)7-14)13(18)12-9(2)15-16(4)10(12)3/h8,11H,5-7H2,1-4H3. The SMILES string of the molecule is Cc1nn(C)c(C)c1C(=O)N1CCC(C)C1CBr. The zero-order valence-corrected chi connectivity index (χ0v) is 13.0. The second-order valence-electron chi connectivity index (χ2n) is 5.16. The predicted octanol–water partition coefficient (Wildman–Crippen LogP) is 2.28. The summed E-state index contributed by atoms with van der Waals surface area (Å²) < 4.78 is 1.78. The van der Waals surface area contributed by atoms with E-state index in [0.717, 1.165) is 35.2 Å². The molecular weight excluding hydrogens is 294 g/mol. The molecule has 0 bridgehead atoms. The number of carbonyl (C=O) groups is 1. The molecule has 0 saturated carbocycles. The zero-order valence-electron chi connectivity index (χ0n) is 11.4. The van der Waals surface area contributed by atoms with Crippen molar-refractivity contribution < 1.29 is 4.79 Å². The first-order valence-electron chi connectivity index (χ1n) is 6.34. The van der Waals surface area contributed by atoms with E-state index in [1.165, 1.54) is 0 Å². The maximum Gasteiger partial charge on any atom is 0.257 e. The Kier molecular flexibility index (Phi) is 3.80. The Morgan fingerprint density at radius 3 is 2.67 bits per heavy atom. The maximum atomic E-state index is 12.7. The number of hydrogen-bond donors (Lipinski definition) is 0. The molecule has 2 rings (SSSR count). The molecule has 2 unspecified atom stereocenters. The third-order valence-electron chi connectivity index (χ3n) is 4.02. The first-order chi connectivity index (χ1) is 8.47. The second kappa shape index (κ2) is 5.03. The molecule has 1 fully saturated rings. The topological polar surface area (TPSA) is 38.1 Å². The van der Waals surface area contributed by atoms with Crippen LogP contribution in [0.4, 0.5) is 0 Å². The third-order valence-corrected chi connectivity index (χ3v) is 4.69. The van der Waals surface area contributed by atoms with Gasteiger partial charge in [-0.3, -0.25) is 9.48 Å². The van der Waals surface area contributed by atoms with Gasteiger partial charge in [-0.2, -0.15) is 5.10 Å². The molecule has 0 aromatic carbocycles. The quantitative estimate of drug-likeness (QED) is 0.786. The van der Waals surface area contributed by atoms with E-state index in [-0.39, 0.29) is 5.91 Å². The molecule has 2 atom stereocenters. The van der Waals surface area contributed by atoms with Gasteiger partial charge in [0.1, 0.15) is 0 Å². The highest BCUT2D eigenvalue weighted by atomic mass is 79.9. The van der Waals surface area contributed by atoms with Crippen molar-refractivity contribution in [2.75, 3.05) is 11.9 Å². The largest absolute Gasteiger partial charge is 0.334 e. The van der Waals surface area contributed by atoms with Gasteiger partial charge in [0.05, 0.1) is 11.3 Å². The van der Waals surface area contributed by atoms with Crippen LogP contribution in [0.1, 0.15) is 35.1 Å². The van der Waals surface area contributed by atoms with Crippen molar-refractivity contribution in [3.05, 3.63) is 17.0 Å². The predicted molar refractivity (Wildman–Crippen MR) is 75.1 cm³/mol. The molecule has 2 heterocycles. The van der Waals surface area contributed by atoms with Crippen molar-refractivity contribution in [1.82, 2.24) is 14.7 Å². The van der Waals surface area contributed by atoms with Gasteiger partial charge in [-0.1, -0.05) is 22.9 Å². The van der Waals surface area contributed by atoms with Crippen molar-refractivity contribution in [2.24, 2.45) is 13.0 Å². The molecule has 1 aromatic rings. The normalized spacial score (nSPS) is 23.7. The minimum Gasteiger partial charge on any atom is -0.334 e.